The van der Waals surface area contributed by atoms with Crippen LogP contribution in [0, 0.1) is 6.92 Å². The van der Waals surface area contributed by atoms with E-state index in [2.05, 4.69) is 5.10 Å². The van der Waals surface area contributed by atoms with Gasteiger partial charge in [-0.15, -0.1) is 11.3 Å². The SMILES string of the molecule is Cc1ccc(C(=O)N2CCCC2Cn2nc3c(cc2=O)CSCC3)s1. The Hall–Kier alpha value is -1.60. The summed E-state index contributed by atoms with van der Waals surface area (Å²) in [6, 6.07) is 5.67. The van der Waals surface area contributed by atoms with Crippen LogP contribution in [-0.4, -0.2) is 38.9 Å². The highest BCUT2D eigenvalue weighted by atomic mass is 32.2. The first-order valence-corrected chi connectivity index (χ1v) is 10.6. The van der Waals surface area contributed by atoms with Crippen LogP contribution in [0.5, 0.6) is 0 Å². The van der Waals surface area contributed by atoms with Crippen molar-refractivity contribution >= 4 is 29.0 Å². The minimum absolute atomic E-state index is 0.0486. The topological polar surface area (TPSA) is 55.2 Å². The number of carbonyl (C=O) groups is 1. The Labute approximate surface area is 155 Å². The number of aromatic nitrogens is 2. The average Bonchev–Trinajstić information content (AvgIpc) is 3.24. The molecule has 132 valence electrons. The molecule has 1 unspecified atom stereocenters. The maximum absolute atomic E-state index is 12.8. The van der Waals surface area contributed by atoms with Gasteiger partial charge in [-0.3, -0.25) is 9.59 Å². The van der Waals surface area contributed by atoms with Gasteiger partial charge in [-0.2, -0.15) is 16.9 Å². The fourth-order valence-corrected chi connectivity index (χ4v) is 5.34. The van der Waals surface area contributed by atoms with Gasteiger partial charge in [0.2, 0.25) is 0 Å². The van der Waals surface area contributed by atoms with Crippen LogP contribution in [0.2, 0.25) is 0 Å². The smallest absolute Gasteiger partial charge is 0.267 e. The van der Waals surface area contributed by atoms with Crippen LogP contribution >= 0.6 is 23.1 Å². The number of amides is 1. The third-order valence-corrected chi connectivity index (χ3v) is 6.87. The average molecular weight is 376 g/mol. The highest BCUT2D eigenvalue weighted by molar-refractivity contribution is 7.98. The first-order chi connectivity index (χ1) is 12.1. The van der Waals surface area contributed by atoms with Gasteiger partial charge in [0, 0.05) is 29.7 Å². The Morgan fingerprint density at radius 2 is 2.28 bits per heavy atom. The summed E-state index contributed by atoms with van der Waals surface area (Å²) >= 11 is 3.38. The molecule has 7 heteroatoms. The van der Waals surface area contributed by atoms with E-state index in [1.165, 1.54) is 11.3 Å². The van der Waals surface area contributed by atoms with Gasteiger partial charge in [-0.1, -0.05) is 0 Å². The normalized spacial score (nSPS) is 19.9. The van der Waals surface area contributed by atoms with E-state index >= 15 is 0 Å². The van der Waals surface area contributed by atoms with Gasteiger partial charge in [-0.05, 0) is 43.2 Å². The van der Waals surface area contributed by atoms with Crippen LogP contribution in [0.1, 0.15) is 38.6 Å². The largest absolute Gasteiger partial charge is 0.333 e. The zero-order valence-corrected chi connectivity index (χ0v) is 15.9. The summed E-state index contributed by atoms with van der Waals surface area (Å²) in [7, 11) is 0. The molecule has 2 aliphatic rings. The highest BCUT2D eigenvalue weighted by Gasteiger charge is 2.31. The van der Waals surface area contributed by atoms with E-state index in [1.54, 1.807) is 10.7 Å². The molecule has 1 fully saturated rings. The number of aryl methyl sites for hydroxylation is 2. The fourth-order valence-electron chi connectivity index (χ4n) is 3.57. The Morgan fingerprint density at radius 3 is 3.08 bits per heavy atom. The molecule has 0 spiro atoms. The van der Waals surface area contributed by atoms with Crippen molar-refractivity contribution in [3.8, 4) is 0 Å². The molecule has 2 aromatic heterocycles. The van der Waals surface area contributed by atoms with Crippen LogP contribution < -0.4 is 5.56 Å². The maximum atomic E-state index is 12.8. The Bertz CT molecular complexity index is 858. The molecule has 0 aliphatic carbocycles. The number of nitrogens with zero attached hydrogens (tertiary/aromatic N) is 3. The molecule has 2 aromatic rings. The second-order valence-corrected chi connectivity index (χ2v) is 9.04. The van der Waals surface area contributed by atoms with Gasteiger partial charge in [-0.25, -0.2) is 4.68 Å². The monoisotopic (exact) mass is 375 g/mol. The van der Waals surface area contributed by atoms with Crippen molar-refractivity contribution in [3.63, 3.8) is 0 Å². The first-order valence-electron chi connectivity index (χ1n) is 8.67. The second-order valence-electron chi connectivity index (χ2n) is 6.64. The Morgan fingerprint density at radius 1 is 1.40 bits per heavy atom. The number of hydrogen-bond donors (Lipinski definition) is 0. The third-order valence-electron chi connectivity index (χ3n) is 4.88. The first kappa shape index (κ1) is 16.8. The lowest BCUT2D eigenvalue weighted by atomic mass is 10.2. The number of carbonyl (C=O) groups excluding carboxylic acids is 1. The number of hydrogen-bond acceptors (Lipinski definition) is 5. The van der Waals surface area contributed by atoms with E-state index in [1.807, 2.05) is 35.7 Å². The molecule has 1 atom stereocenters. The predicted octanol–water partition coefficient (Wildman–Crippen LogP) is 2.71. The van der Waals surface area contributed by atoms with Gasteiger partial charge < -0.3 is 4.90 Å². The molecule has 0 aromatic carbocycles. The predicted molar refractivity (Wildman–Crippen MR) is 101 cm³/mol. The van der Waals surface area contributed by atoms with Crippen molar-refractivity contribution in [2.75, 3.05) is 12.3 Å². The van der Waals surface area contributed by atoms with E-state index in [0.29, 0.717) is 6.54 Å². The van der Waals surface area contributed by atoms with Gasteiger partial charge in [0.05, 0.1) is 23.2 Å². The maximum Gasteiger partial charge on any atom is 0.267 e. The van der Waals surface area contributed by atoms with E-state index in [0.717, 1.165) is 58.3 Å². The summed E-state index contributed by atoms with van der Waals surface area (Å²) in [5, 5.41) is 4.60. The number of fused-ring (bicyclic) bond motifs is 1. The lowest BCUT2D eigenvalue weighted by Gasteiger charge is -2.25. The molecule has 0 N–H and O–H groups in total. The van der Waals surface area contributed by atoms with E-state index in [9.17, 15) is 9.59 Å². The van der Waals surface area contributed by atoms with Crippen LogP contribution in [-0.2, 0) is 18.7 Å². The van der Waals surface area contributed by atoms with Crippen LogP contribution in [0.25, 0.3) is 0 Å². The number of thioether (sulfide) groups is 1. The number of rotatable bonds is 3. The van der Waals surface area contributed by atoms with Gasteiger partial charge >= 0.3 is 0 Å². The van der Waals surface area contributed by atoms with Crippen LogP contribution in [0.4, 0.5) is 0 Å². The lowest BCUT2D eigenvalue weighted by Crippen LogP contribution is -2.40. The second kappa shape index (κ2) is 6.96. The molecule has 4 heterocycles. The molecule has 0 saturated carbocycles. The summed E-state index contributed by atoms with van der Waals surface area (Å²) in [4.78, 5) is 29.1. The molecule has 5 nitrogen and oxygen atoms in total. The molecule has 0 radical (unpaired) electrons. The minimum atomic E-state index is -0.0486. The summed E-state index contributed by atoms with van der Waals surface area (Å²) < 4.78 is 1.57. The fraction of sp³-hybridized carbons (Fsp3) is 0.500. The van der Waals surface area contributed by atoms with Gasteiger partial charge in [0.1, 0.15) is 0 Å². The van der Waals surface area contributed by atoms with Crippen molar-refractivity contribution in [1.29, 1.82) is 0 Å². The summed E-state index contributed by atoms with van der Waals surface area (Å²) in [5.41, 5.74) is 2.07. The molecule has 2 aliphatic heterocycles. The highest BCUT2D eigenvalue weighted by Crippen LogP contribution is 2.25. The molecule has 4 rings (SSSR count). The Balaban J connectivity index is 1.55. The van der Waals surface area contributed by atoms with Crippen molar-refractivity contribution < 1.29 is 4.79 Å². The van der Waals surface area contributed by atoms with Crippen molar-refractivity contribution in [2.24, 2.45) is 0 Å². The van der Waals surface area contributed by atoms with Gasteiger partial charge in [0.25, 0.3) is 11.5 Å². The molecule has 25 heavy (non-hydrogen) atoms. The summed E-state index contributed by atoms with van der Waals surface area (Å²) in [6.45, 7) is 3.27. The molecular weight excluding hydrogens is 354 g/mol. The number of thiophene rings is 1. The minimum Gasteiger partial charge on any atom is -0.333 e. The van der Waals surface area contributed by atoms with Crippen LogP contribution in [0.15, 0.2) is 23.0 Å². The molecular formula is C18H21N3O2S2. The van der Waals surface area contributed by atoms with Crippen molar-refractivity contribution in [3.05, 3.63) is 49.6 Å². The Kier molecular flexibility index (Phi) is 4.69. The molecule has 1 amide bonds. The van der Waals surface area contributed by atoms with Crippen molar-refractivity contribution in [2.45, 2.75) is 44.5 Å². The lowest BCUT2D eigenvalue weighted by molar-refractivity contribution is 0.0725. The van der Waals surface area contributed by atoms with E-state index < -0.39 is 0 Å². The molecule has 1 saturated heterocycles. The third kappa shape index (κ3) is 3.40. The van der Waals surface area contributed by atoms with Gasteiger partial charge in [0.15, 0.2) is 0 Å². The van der Waals surface area contributed by atoms with Crippen LogP contribution in [0.3, 0.4) is 0 Å². The zero-order valence-electron chi connectivity index (χ0n) is 14.2. The summed E-state index contributed by atoms with van der Waals surface area (Å²) in [5.74, 6) is 2.02. The van der Waals surface area contributed by atoms with E-state index in [4.69, 9.17) is 0 Å². The van der Waals surface area contributed by atoms with Crippen molar-refractivity contribution in [1.82, 2.24) is 14.7 Å². The standard InChI is InChI=1S/C18H21N3O2S2/c1-12-4-5-16(25-12)18(23)20-7-2-3-14(20)10-21-17(22)9-13-11-24-8-6-15(13)19-21/h4-5,9,14H,2-3,6-8,10-11H2,1H3. The number of likely N-dealkylation sites (tertiary alicyclic amines) is 1. The summed E-state index contributed by atoms with van der Waals surface area (Å²) in [6.07, 6.45) is 2.83. The molecule has 0 bridgehead atoms. The quantitative estimate of drug-likeness (QED) is 0.828. The van der Waals surface area contributed by atoms with E-state index in [-0.39, 0.29) is 17.5 Å². The zero-order chi connectivity index (χ0) is 17.4.